The van der Waals surface area contributed by atoms with Crippen LogP contribution in [0.4, 0.5) is 0 Å². The van der Waals surface area contributed by atoms with Gasteiger partial charge < -0.3 is 9.84 Å². The van der Waals surface area contributed by atoms with Gasteiger partial charge in [-0.1, -0.05) is 19.4 Å². The molecule has 1 aliphatic rings. The SMILES string of the molecule is CC1CCCC(Oc2c(Br)cccc2C(=O)O)C1. The molecule has 1 saturated carbocycles. The molecule has 4 heteroatoms. The molecule has 2 rings (SSSR count). The lowest BCUT2D eigenvalue weighted by molar-refractivity contribution is 0.0683. The van der Waals surface area contributed by atoms with Crippen LogP contribution in [0, 0.1) is 5.92 Å². The molecule has 2 unspecified atom stereocenters. The number of hydrogen-bond acceptors (Lipinski definition) is 2. The standard InChI is InChI=1S/C14H17BrO3/c1-9-4-2-5-10(8-9)18-13-11(14(16)17)6-3-7-12(13)15/h3,6-7,9-10H,2,4-5,8H2,1H3,(H,16,17). The minimum Gasteiger partial charge on any atom is -0.488 e. The molecule has 1 aromatic rings. The topological polar surface area (TPSA) is 46.5 Å². The summed E-state index contributed by atoms with van der Waals surface area (Å²) in [6.45, 7) is 2.22. The second-order valence-electron chi connectivity index (χ2n) is 4.93. The second-order valence-corrected chi connectivity index (χ2v) is 5.79. The smallest absolute Gasteiger partial charge is 0.339 e. The molecular formula is C14H17BrO3. The third-order valence-electron chi connectivity index (χ3n) is 3.37. The van der Waals surface area contributed by atoms with E-state index in [-0.39, 0.29) is 11.7 Å². The molecule has 0 amide bonds. The number of aromatic carboxylic acids is 1. The van der Waals surface area contributed by atoms with Gasteiger partial charge in [-0.05, 0) is 53.2 Å². The lowest BCUT2D eigenvalue weighted by Gasteiger charge is -2.28. The average Bonchev–Trinajstić information content (AvgIpc) is 2.31. The number of para-hydroxylation sites is 1. The van der Waals surface area contributed by atoms with Crippen LogP contribution in [0.5, 0.6) is 5.75 Å². The maximum atomic E-state index is 11.2. The van der Waals surface area contributed by atoms with Crippen LogP contribution in [0.1, 0.15) is 43.0 Å². The highest BCUT2D eigenvalue weighted by Gasteiger charge is 2.23. The maximum Gasteiger partial charge on any atom is 0.339 e. The molecule has 0 bridgehead atoms. The van der Waals surface area contributed by atoms with E-state index in [4.69, 9.17) is 4.74 Å². The van der Waals surface area contributed by atoms with E-state index in [0.717, 1.165) is 19.3 Å². The molecule has 0 aromatic heterocycles. The third-order valence-corrected chi connectivity index (χ3v) is 3.99. The van der Waals surface area contributed by atoms with Crippen LogP contribution in [0.15, 0.2) is 22.7 Å². The molecule has 0 radical (unpaired) electrons. The van der Waals surface area contributed by atoms with E-state index in [9.17, 15) is 9.90 Å². The Labute approximate surface area is 115 Å². The first-order valence-corrected chi connectivity index (χ1v) is 7.05. The van der Waals surface area contributed by atoms with E-state index in [1.165, 1.54) is 6.42 Å². The van der Waals surface area contributed by atoms with Crippen molar-refractivity contribution in [3.63, 3.8) is 0 Å². The Bertz CT molecular complexity index is 445. The summed E-state index contributed by atoms with van der Waals surface area (Å²) in [6.07, 6.45) is 4.52. The zero-order valence-electron chi connectivity index (χ0n) is 10.4. The highest BCUT2D eigenvalue weighted by molar-refractivity contribution is 9.10. The van der Waals surface area contributed by atoms with E-state index >= 15 is 0 Å². The predicted molar refractivity (Wildman–Crippen MR) is 73.1 cm³/mol. The first-order chi connectivity index (χ1) is 8.58. The first kappa shape index (κ1) is 13.4. The number of ether oxygens (including phenoxy) is 1. The van der Waals surface area contributed by atoms with Gasteiger partial charge in [-0.15, -0.1) is 0 Å². The highest BCUT2D eigenvalue weighted by atomic mass is 79.9. The Kier molecular flexibility index (Phi) is 4.27. The van der Waals surface area contributed by atoms with Gasteiger partial charge in [-0.25, -0.2) is 4.79 Å². The molecule has 0 spiro atoms. The number of rotatable bonds is 3. The van der Waals surface area contributed by atoms with Gasteiger partial charge in [0.2, 0.25) is 0 Å². The molecule has 1 aromatic carbocycles. The zero-order chi connectivity index (χ0) is 13.1. The number of hydrogen-bond donors (Lipinski definition) is 1. The van der Waals surface area contributed by atoms with E-state index in [1.54, 1.807) is 12.1 Å². The number of halogens is 1. The van der Waals surface area contributed by atoms with Crippen molar-refractivity contribution in [3.8, 4) is 5.75 Å². The zero-order valence-corrected chi connectivity index (χ0v) is 11.9. The monoisotopic (exact) mass is 312 g/mol. The molecule has 1 aliphatic carbocycles. The molecular weight excluding hydrogens is 296 g/mol. The Morgan fingerprint density at radius 3 is 2.89 bits per heavy atom. The summed E-state index contributed by atoms with van der Waals surface area (Å²) in [4.78, 5) is 11.2. The van der Waals surface area contributed by atoms with Crippen molar-refractivity contribution >= 4 is 21.9 Å². The minimum absolute atomic E-state index is 0.130. The first-order valence-electron chi connectivity index (χ1n) is 6.26. The maximum absolute atomic E-state index is 11.2. The minimum atomic E-state index is -0.949. The predicted octanol–water partition coefficient (Wildman–Crippen LogP) is 4.10. The van der Waals surface area contributed by atoms with Crippen LogP contribution in [0.25, 0.3) is 0 Å². The summed E-state index contributed by atoms with van der Waals surface area (Å²) >= 11 is 3.37. The van der Waals surface area contributed by atoms with Crippen molar-refractivity contribution in [1.82, 2.24) is 0 Å². The van der Waals surface area contributed by atoms with E-state index in [0.29, 0.717) is 16.1 Å². The van der Waals surface area contributed by atoms with Crippen LogP contribution in [-0.4, -0.2) is 17.2 Å². The summed E-state index contributed by atoms with van der Waals surface area (Å²) in [7, 11) is 0. The summed E-state index contributed by atoms with van der Waals surface area (Å²) in [5, 5.41) is 9.17. The third kappa shape index (κ3) is 3.05. The van der Waals surface area contributed by atoms with Gasteiger partial charge in [0.1, 0.15) is 11.3 Å². The summed E-state index contributed by atoms with van der Waals surface area (Å²) in [5.74, 6) is 0.166. The van der Waals surface area contributed by atoms with Gasteiger partial charge in [0.05, 0.1) is 10.6 Å². The Morgan fingerprint density at radius 2 is 2.22 bits per heavy atom. The van der Waals surface area contributed by atoms with Gasteiger partial charge in [0.25, 0.3) is 0 Å². The molecule has 18 heavy (non-hydrogen) atoms. The molecule has 0 aliphatic heterocycles. The van der Waals surface area contributed by atoms with E-state index < -0.39 is 5.97 Å². The van der Waals surface area contributed by atoms with Crippen molar-refractivity contribution < 1.29 is 14.6 Å². The van der Waals surface area contributed by atoms with Gasteiger partial charge in [0, 0.05) is 0 Å². The fraction of sp³-hybridized carbons (Fsp3) is 0.500. The molecule has 98 valence electrons. The van der Waals surface area contributed by atoms with Crippen molar-refractivity contribution in [2.45, 2.75) is 38.7 Å². The molecule has 0 heterocycles. The average molecular weight is 313 g/mol. The van der Waals surface area contributed by atoms with E-state index in [2.05, 4.69) is 22.9 Å². The fourth-order valence-electron chi connectivity index (χ4n) is 2.45. The van der Waals surface area contributed by atoms with Crippen molar-refractivity contribution in [2.75, 3.05) is 0 Å². The largest absolute Gasteiger partial charge is 0.488 e. The van der Waals surface area contributed by atoms with Crippen molar-refractivity contribution in [1.29, 1.82) is 0 Å². The molecule has 1 fully saturated rings. The van der Waals surface area contributed by atoms with Gasteiger partial charge in [0.15, 0.2) is 0 Å². The summed E-state index contributed by atoms with van der Waals surface area (Å²) in [6, 6.07) is 5.10. The molecule has 3 nitrogen and oxygen atoms in total. The lowest BCUT2D eigenvalue weighted by Crippen LogP contribution is -2.25. The fourth-order valence-corrected chi connectivity index (χ4v) is 2.91. The molecule has 2 atom stereocenters. The highest BCUT2D eigenvalue weighted by Crippen LogP contribution is 2.33. The Balaban J connectivity index is 2.20. The van der Waals surface area contributed by atoms with E-state index in [1.807, 2.05) is 6.07 Å². The number of carboxylic acid groups (broad SMARTS) is 1. The van der Waals surface area contributed by atoms with Crippen LogP contribution in [0.3, 0.4) is 0 Å². The van der Waals surface area contributed by atoms with Gasteiger partial charge in [-0.2, -0.15) is 0 Å². The summed E-state index contributed by atoms with van der Waals surface area (Å²) < 4.78 is 6.63. The van der Waals surface area contributed by atoms with Crippen molar-refractivity contribution in [2.24, 2.45) is 5.92 Å². The lowest BCUT2D eigenvalue weighted by atomic mass is 9.88. The number of carbonyl (C=O) groups is 1. The van der Waals surface area contributed by atoms with Crippen LogP contribution in [0.2, 0.25) is 0 Å². The van der Waals surface area contributed by atoms with Crippen LogP contribution < -0.4 is 4.74 Å². The molecule has 0 saturated heterocycles. The second kappa shape index (κ2) is 5.74. The Morgan fingerprint density at radius 1 is 1.44 bits per heavy atom. The van der Waals surface area contributed by atoms with Crippen LogP contribution in [-0.2, 0) is 0 Å². The van der Waals surface area contributed by atoms with Gasteiger partial charge in [-0.3, -0.25) is 0 Å². The quantitative estimate of drug-likeness (QED) is 0.913. The Hall–Kier alpha value is -1.03. The number of carboxylic acids is 1. The van der Waals surface area contributed by atoms with Crippen molar-refractivity contribution in [3.05, 3.63) is 28.2 Å². The normalized spacial score (nSPS) is 23.7. The molecule has 1 N–H and O–H groups in total. The number of benzene rings is 1. The van der Waals surface area contributed by atoms with Crippen LogP contribution >= 0.6 is 15.9 Å². The van der Waals surface area contributed by atoms with Gasteiger partial charge >= 0.3 is 5.97 Å². The summed E-state index contributed by atoms with van der Waals surface area (Å²) in [5.41, 5.74) is 0.225.